The zero-order chi connectivity index (χ0) is 23.0. The summed E-state index contributed by atoms with van der Waals surface area (Å²) in [6.07, 6.45) is 3.21. The molecule has 33 heavy (non-hydrogen) atoms. The van der Waals surface area contributed by atoms with Crippen molar-refractivity contribution in [3.8, 4) is 17.6 Å². The van der Waals surface area contributed by atoms with Crippen LogP contribution in [0.4, 0.5) is 5.69 Å². The molecule has 6 heteroatoms. The zero-order valence-electron chi connectivity index (χ0n) is 18.0. The molecule has 162 valence electrons. The van der Waals surface area contributed by atoms with Crippen LogP contribution in [0.1, 0.15) is 11.1 Å². The minimum absolute atomic E-state index is 0.0323. The van der Waals surface area contributed by atoms with Gasteiger partial charge >= 0.3 is 0 Å². The largest absolute Gasteiger partial charge is 0.493 e. The molecule has 3 aromatic carbocycles. The van der Waals surface area contributed by atoms with E-state index in [1.54, 1.807) is 49.7 Å². The number of ether oxygens (including phenoxy) is 2. The van der Waals surface area contributed by atoms with Gasteiger partial charge in [-0.25, -0.2) is 0 Å². The van der Waals surface area contributed by atoms with E-state index in [0.717, 1.165) is 16.5 Å². The van der Waals surface area contributed by atoms with Crippen LogP contribution in [0.2, 0.25) is 0 Å². The first kappa shape index (κ1) is 21.6. The van der Waals surface area contributed by atoms with Crippen LogP contribution in [-0.2, 0) is 11.4 Å². The first-order chi connectivity index (χ1) is 16.2. The van der Waals surface area contributed by atoms with Gasteiger partial charge in [-0.2, -0.15) is 5.26 Å². The smallest absolute Gasteiger partial charge is 0.266 e. The number of hydrogen-bond donors (Lipinski definition) is 1. The molecule has 1 aromatic heterocycles. The molecule has 4 rings (SSSR count). The molecule has 0 aliphatic rings. The molecule has 1 amide bonds. The van der Waals surface area contributed by atoms with Crippen molar-refractivity contribution >= 4 is 28.6 Å². The highest BCUT2D eigenvalue weighted by molar-refractivity contribution is 6.12. The number of carbonyl (C=O) groups excluding carboxylic acids is 1. The molecule has 1 N–H and O–H groups in total. The van der Waals surface area contributed by atoms with E-state index in [0.29, 0.717) is 29.4 Å². The van der Waals surface area contributed by atoms with Gasteiger partial charge in [-0.1, -0.05) is 42.5 Å². The van der Waals surface area contributed by atoms with E-state index in [4.69, 9.17) is 9.47 Å². The predicted octanol–water partition coefficient (Wildman–Crippen LogP) is 5.37. The van der Waals surface area contributed by atoms with E-state index in [1.807, 2.05) is 48.5 Å². The SMILES string of the molecule is COc1ccc(C=C(C#N)C(=O)Nc2cccc3ncccc23)cc1OCc1ccccc1. The Morgan fingerprint density at radius 2 is 1.88 bits per heavy atom. The third-order valence-electron chi connectivity index (χ3n) is 4.99. The van der Waals surface area contributed by atoms with E-state index in [2.05, 4.69) is 10.3 Å². The maximum atomic E-state index is 12.8. The molecule has 0 bridgehead atoms. The quantitative estimate of drug-likeness (QED) is 0.312. The van der Waals surface area contributed by atoms with Crippen molar-refractivity contribution in [3.05, 3.63) is 102 Å². The molecule has 0 unspecified atom stereocenters. The van der Waals surface area contributed by atoms with Gasteiger partial charge in [-0.3, -0.25) is 9.78 Å². The summed E-state index contributed by atoms with van der Waals surface area (Å²) in [5.41, 5.74) is 2.98. The lowest BCUT2D eigenvalue weighted by Gasteiger charge is -2.12. The van der Waals surface area contributed by atoms with Crippen molar-refractivity contribution in [2.75, 3.05) is 12.4 Å². The molecular formula is C27H21N3O3. The molecule has 0 atom stereocenters. The summed E-state index contributed by atoms with van der Waals surface area (Å²) in [6.45, 7) is 0.366. The number of anilines is 1. The van der Waals surface area contributed by atoms with Gasteiger partial charge in [0.2, 0.25) is 0 Å². The fraction of sp³-hybridized carbons (Fsp3) is 0.0741. The van der Waals surface area contributed by atoms with Crippen molar-refractivity contribution in [2.24, 2.45) is 0 Å². The van der Waals surface area contributed by atoms with E-state index < -0.39 is 5.91 Å². The van der Waals surface area contributed by atoms with Crippen LogP contribution in [0.25, 0.3) is 17.0 Å². The number of hydrogen-bond acceptors (Lipinski definition) is 5. The van der Waals surface area contributed by atoms with Crippen molar-refractivity contribution in [2.45, 2.75) is 6.61 Å². The minimum atomic E-state index is -0.503. The first-order valence-corrected chi connectivity index (χ1v) is 10.3. The van der Waals surface area contributed by atoms with Gasteiger partial charge in [0, 0.05) is 11.6 Å². The molecule has 0 radical (unpaired) electrons. The van der Waals surface area contributed by atoms with Gasteiger partial charge in [0.15, 0.2) is 11.5 Å². The summed E-state index contributed by atoms with van der Waals surface area (Å²) in [5.74, 6) is 0.582. The molecule has 6 nitrogen and oxygen atoms in total. The van der Waals surface area contributed by atoms with E-state index in [1.165, 1.54) is 6.08 Å². The van der Waals surface area contributed by atoms with Crippen molar-refractivity contribution in [1.29, 1.82) is 5.26 Å². The number of carbonyl (C=O) groups is 1. The normalized spacial score (nSPS) is 11.0. The highest BCUT2D eigenvalue weighted by atomic mass is 16.5. The summed E-state index contributed by atoms with van der Waals surface area (Å²) in [5, 5.41) is 13.2. The average Bonchev–Trinajstić information content (AvgIpc) is 2.87. The minimum Gasteiger partial charge on any atom is -0.493 e. The summed E-state index contributed by atoms with van der Waals surface area (Å²) < 4.78 is 11.3. The maximum absolute atomic E-state index is 12.8. The number of nitrogens with zero attached hydrogens (tertiary/aromatic N) is 2. The van der Waals surface area contributed by atoms with Crippen LogP contribution in [0.5, 0.6) is 11.5 Å². The molecular weight excluding hydrogens is 414 g/mol. The van der Waals surface area contributed by atoms with Crippen LogP contribution >= 0.6 is 0 Å². The van der Waals surface area contributed by atoms with Crippen molar-refractivity contribution < 1.29 is 14.3 Å². The average molecular weight is 435 g/mol. The fourth-order valence-corrected chi connectivity index (χ4v) is 3.35. The molecule has 0 fully saturated rings. The van der Waals surface area contributed by atoms with E-state index >= 15 is 0 Å². The number of amides is 1. The Hall–Kier alpha value is -4.63. The monoisotopic (exact) mass is 435 g/mol. The second-order valence-electron chi connectivity index (χ2n) is 7.18. The van der Waals surface area contributed by atoms with Crippen LogP contribution < -0.4 is 14.8 Å². The second-order valence-corrected chi connectivity index (χ2v) is 7.18. The van der Waals surface area contributed by atoms with Crippen molar-refractivity contribution in [3.63, 3.8) is 0 Å². The molecule has 4 aromatic rings. The summed E-state index contributed by atoms with van der Waals surface area (Å²) in [7, 11) is 1.56. The zero-order valence-corrected chi connectivity index (χ0v) is 18.0. The molecule has 0 spiro atoms. The maximum Gasteiger partial charge on any atom is 0.266 e. The third kappa shape index (κ3) is 5.17. The van der Waals surface area contributed by atoms with Gasteiger partial charge < -0.3 is 14.8 Å². The number of methoxy groups -OCH3 is 1. The number of fused-ring (bicyclic) bond motifs is 1. The second kappa shape index (κ2) is 10.1. The molecule has 0 saturated carbocycles. The number of pyridine rings is 1. The lowest BCUT2D eigenvalue weighted by Crippen LogP contribution is -2.13. The summed E-state index contributed by atoms with van der Waals surface area (Å²) in [4.78, 5) is 17.1. The number of aromatic nitrogens is 1. The summed E-state index contributed by atoms with van der Waals surface area (Å²) in [6, 6.07) is 26.1. The van der Waals surface area contributed by atoms with Gasteiger partial charge in [0.1, 0.15) is 18.2 Å². The van der Waals surface area contributed by atoms with Crippen LogP contribution in [0, 0.1) is 11.3 Å². The Morgan fingerprint density at radius 1 is 1.03 bits per heavy atom. The van der Waals surface area contributed by atoms with Crippen LogP contribution in [-0.4, -0.2) is 18.0 Å². The number of rotatable bonds is 7. The van der Waals surface area contributed by atoms with Crippen LogP contribution in [0.3, 0.4) is 0 Å². The number of nitriles is 1. The van der Waals surface area contributed by atoms with Gasteiger partial charge in [0.05, 0.1) is 18.3 Å². The van der Waals surface area contributed by atoms with Crippen molar-refractivity contribution in [1.82, 2.24) is 4.98 Å². The number of nitrogens with one attached hydrogen (secondary N) is 1. The molecule has 0 aliphatic carbocycles. The third-order valence-corrected chi connectivity index (χ3v) is 4.99. The fourth-order valence-electron chi connectivity index (χ4n) is 3.35. The van der Waals surface area contributed by atoms with Crippen LogP contribution in [0.15, 0.2) is 90.6 Å². The highest BCUT2D eigenvalue weighted by Crippen LogP contribution is 2.30. The predicted molar refractivity (Wildman–Crippen MR) is 128 cm³/mol. The molecule has 0 saturated heterocycles. The van der Waals surface area contributed by atoms with Gasteiger partial charge in [0.25, 0.3) is 5.91 Å². The van der Waals surface area contributed by atoms with E-state index in [9.17, 15) is 10.1 Å². The van der Waals surface area contributed by atoms with Gasteiger partial charge in [-0.05, 0) is 53.6 Å². The Balaban J connectivity index is 1.57. The summed E-state index contributed by atoms with van der Waals surface area (Å²) >= 11 is 0. The van der Waals surface area contributed by atoms with Gasteiger partial charge in [-0.15, -0.1) is 0 Å². The molecule has 0 aliphatic heterocycles. The topological polar surface area (TPSA) is 84.2 Å². The Kier molecular flexibility index (Phi) is 6.62. The van der Waals surface area contributed by atoms with E-state index in [-0.39, 0.29) is 5.57 Å². The first-order valence-electron chi connectivity index (χ1n) is 10.3. The lowest BCUT2D eigenvalue weighted by atomic mass is 10.1. The Labute approximate surface area is 191 Å². The Morgan fingerprint density at radius 3 is 2.67 bits per heavy atom. The molecule has 1 heterocycles. The highest BCUT2D eigenvalue weighted by Gasteiger charge is 2.13. The Bertz CT molecular complexity index is 1350. The lowest BCUT2D eigenvalue weighted by molar-refractivity contribution is -0.112. The number of benzene rings is 3. The standard InChI is InChI=1S/C27H21N3O3/c1-32-25-13-12-20(16-26(25)33-18-19-7-3-2-4-8-19)15-21(17-28)27(31)30-24-11-5-10-23-22(24)9-6-14-29-23/h2-16H,18H2,1H3,(H,30,31).